The highest BCUT2D eigenvalue weighted by atomic mass is 35.5. The maximum absolute atomic E-state index is 6.23. The quantitative estimate of drug-likeness (QED) is 0.741. The molecular formula is C16H15ClN2O. The first kappa shape index (κ1) is 12.9. The molecule has 0 bridgehead atoms. The number of halogens is 1. The Kier molecular flexibility index (Phi) is 3.28. The molecule has 0 aliphatic carbocycles. The van der Waals surface area contributed by atoms with Gasteiger partial charge in [-0.1, -0.05) is 17.7 Å². The Bertz CT molecular complexity index is 764. The molecule has 3 aromatic rings. The van der Waals surface area contributed by atoms with E-state index < -0.39 is 0 Å². The average Bonchev–Trinajstić information content (AvgIpc) is 2.84. The summed E-state index contributed by atoms with van der Waals surface area (Å²) in [6, 6.07) is 13.7. The van der Waals surface area contributed by atoms with Crippen LogP contribution in [-0.2, 0) is 6.54 Å². The minimum absolute atomic E-state index is 0.681. The van der Waals surface area contributed by atoms with Gasteiger partial charge in [0.15, 0.2) is 0 Å². The van der Waals surface area contributed by atoms with Crippen LogP contribution in [0.25, 0.3) is 10.9 Å². The third kappa shape index (κ3) is 2.32. The number of rotatable bonds is 3. The van der Waals surface area contributed by atoms with Crippen molar-refractivity contribution < 1.29 is 4.74 Å². The molecule has 2 N–H and O–H groups in total. The number of hydrogen-bond acceptors (Lipinski definition) is 2. The third-order valence-electron chi connectivity index (χ3n) is 3.40. The van der Waals surface area contributed by atoms with Gasteiger partial charge < -0.3 is 15.0 Å². The molecule has 0 radical (unpaired) electrons. The summed E-state index contributed by atoms with van der Waals surface area (Å²) in [5.74, 6) is 0.862. The molecule has 0 aliphatic heterocycles. The van der Waals surface area contributed by atoms with E-state index in [0.717, 1.165) is 28.8 Å². The molecule has 1 aromatic heterocycles. The van der Waals surface area contributed by atoms with Crippen LogP contribution in [0.5, 0.6) is 5.75 Å². The van der Waals surface area contributed by atoms with E-state index in [2.05, 4.69) is 22.9 Å². The molecule has 0 aliphatic rings. The summed E-state index contributed by atoms with van der Waals surface area (Å²) < 4.78 is 7.40. The zero-order chi connectivity index (χ0) is 14.1. The molecule has 0 unspecified atom stereocenters. The Morgan fingerprint density at radius 2 is 2.00 bits per heavy atom. The van der Waals surface area contributed by atoms with Gasteiger partial charge in [-0.25, -0.2) is 0 Å². The van der Waals surface area contributed by atoms with Crippen molar-refractivity contribution in [3.63, 3.8) is 0 Å². The molecule has 4 heteroatoms. The van der Waals surface area contributed by atoms with Crippen LogP contribution in [0.4, 0.5) is 5.69 Å². The number of fused-ring (bicyclic) bond motifs is 1. The number of benzene rings is 2. The molecule has 3 nitrogen and oxygen atoms in total. The summed E-state index contributed by atoms with van der Waals surface area (Å²) >= 11 is 6.23. The molecule has 0 saturated heterocycles. The zero-order valence-electron chi connectivity index (χ0n) is 11.1. The van der Waals surface area contributed by atoms with Crippen molar-refractivity contribution in [1.29, 1.82) is 0 Å². The number of ether oxygens (including phenoxy) is 1. The lowest BCUT2D eigenvalue weighted by Crippen LogP contribution is -1.99. The van der Waals surface area contributed by atoms with Crippen LogP contribution in [-0.4, -0.2) is 11.7 Å². The number of nitrogens with zero attached hydrogens (tertiary/aromatic N) is 1. The topological polar surface area (TPSA) is 40.2 Å². The number of aromatic nitrogens is 1. The number of hydrogen-bond donors (Lipinski definition) is 1. The normalized spacial score (nSPS) is 10.9. The van der Waals surface area contributed by atoms with Crippen LogP contribution < -0.4 is 10.5 Å². The van der Waals surface area contributed by atoms with Gasteiger partial charge in [-0.2, -0.15) is 0 Å². The van der Waals surface area contributed by atoms with Crippen LogP contribution in [0.2, 0.25) is 5.02 Å². The van der Waals surface area contributed by atoms with E-state index >= 15 is 0 Å². The molecular weight excluding hydrogens is 272 g/mol. The van der Waals surface area contributed by atoms with Crippen LogP contribution >= 0.6 is 11.6 Å². The lowest BCUT2D eigenvalue weighted by Gasteiger charge is -2.09. The molecule has 0 amide bonds. The van der Waals surface area contributed by atoms with Gasteiger partial charge in [-0.15, -0.1) is 0 Å². The first-order chi connectivity index (χ1) is 9.67. The van der Waals surface area contributed by atoms with E-state index in [9.17, 15) is 0 Å². The van der Waals surface area contributed by atoms with Crippen molar-refractivity contribution in [2.24, 2.45) is 0 Å². The number of nitrogen functional groups attached to an aromatic ring is 1. The van der Waals surface area contributed by atoms with Crippen molar-refractivity contribution >= 4 is 28.2 Å². The largest absolute Gasteiger partial charge is 0.497 e. The summed E-state index contributed by atoms with van der Waals surface area (Å²) in [4.78, 5) is 0. The number of nitrogens with two attached hydrogens (primary N) is 1. The molecule has 20 heavy (non-hydrogen) atoms. The first-order valence-electron chi connectivity index (χ1n) is 6.34. The molecule has 3 rings (SSSR count). The summed E-state index contributed by atoms with van der Waals surface area (Å²) in [5, 5.41) is 1.84. The Morgan fingerprint density at radius 3 is 2.75 bits per heavy atom. The maximum Gasteiger partial charge on any atom is 0.119 e. The van der Waals surface area contributed by atoms with Gasteiger partial charge in [0, 0.05) is 34.4 Å². The van der Waals surface area contributed by atoms with Gasteiger partial charge in [0.2, 0.25) is 0 Å². The van der Waals surface area contributed by atoms with E-state index in [1.807, 2.05) is 24.3 Å². The Morgan fingerprint density at radius 1 is 1.15 bits per heavy atom. The molecule has 102 valence electrons. The van der Waals surface area contributed by atoms with E-state index in [1.165, 1.54) is 0 Å². The van der Waals surface area contributed by atoms with Crippen LogP contribution in [0.3, 0.4) is 0 Å². The fourth-order valence-electron chi connectivity index (χ4n) is 2.32. The second kappa shape index (κ2) is 5.10. The SMILES string of the molecule is COc1ccc2c(ccn2Cc2ccc(N)cc2Cl)c1. The second-order valence-electron chi connectivity index (χ2n) is 4.72. The Hall–Kier alpha value is -2.13. The zero-order valence-corrected chi connectivity index (χ0v) is 11.9. The summed E-state index contributed by atoms with van der Waals surface area (Å²) in [6.07, 6.45) is 2.05. The predicted octanol–water partition coefficient (Wildman–Crippen LogP) is 3.93. The second-order valence-corrected chi connectivity index (χ2v) is 5.13. The van der Waals surface area contributed by atoms with Crippen LogP contribution in [0.15, 0.2) is 48.7 Å². The van der Waals surface area contributed by atoms with Crippen molar-refractivity contribution in [2.45, 2.75) is 6.54 Å². The fraction of sp³-hybridized carbons (Fsp3) is 0.125. The lowest BCUT2D eigenvalue weighted by molar-refractivity contribution is 0.415. The van der Waals surface area contributed by atoms with Gasteiger partial charge in [0.05, 0.1) is 7.11 Å². The predicted molar refractivity (Wildman–Crippen MR) is 83.5 cm³/mol. The molecule has 0 saturated carbocycles. The highest BCUT2D eigenvalue weighted by molar-refractivity contribution is 6.31. The molecule has 0 atom stereocenters. The summed E-state index contributed by atoms with van der Waals surface area (Å²) in [6.45, 7) is 0.717. The summed E-state index contributed by atoms with van der Waals surface area (Å²) in [5.41, 5.74) is 8.60. The standard InChI is InChI=1S/C16H15ClN2O/c1-20-14-4-5-16-11(8-14)6-7-19(16)10-12-2-3-13(18)9-15(12)17/h2-9H,10,18H2,1H3. The van der Waals surface area contributed by atoms with Crippen LogP contribution in [0.1, 0.15) is 5.56 Å². The first-order valence-corrected chi connectivity index (χ1v) is 6.72. The average molecular weight is 287 g/mol. The molecule has 1 heterocycles. The molecule has 0 fully saturated rings. The van der Waals surface area contributed by atoms with Gasteiger partial charge in [-0.3, -0.25) is 0 Å². The monoisotopic (exact) mass is 286 g/mol. The Balaban J connectivity index is 1.98. The van der Waals surface area contributed by atoms with E-state index in [4.69, 9.17) is 22.1 Å². The maximum atomic E-state index is 6.23. The number of anilines is 1. The molecule has 0 spiro atoms. The lowest BCUT2D eigenvalue weighted by atomic mass is 10.2. The molecule has 2 aromatic carbocycles. The van der Waals surface area contributed by atoms with Crippen molar-refractivity contribution in [2.75, 3.05) is 12.8 Å². The third-order valence-corrected chi connectivity index (χ3v) is 3.75. The van der Waals surface area contributed by atoms with Gasteiger partial charge in [-0.05, 0) is 42.0 Å². The van der Waals surface area contributed by atoms with E-state index in [1.54, 1.807) is 13.2 Å². The van der Waals surface area contributed by atoms with E-state index in [0.29, 0.717) is 10.7 Å². The van der Waals surface area contributed by atoms with Crippen molar-refractivity contribution in [1.82, 2.24) is 4.57 Å². The fourth-order valence-corrected chi connectivity index (χ4v) is 2.57. The minimum Gasteiger partial charge on any atom is -0.497 e. The van der Waals surface area contributed by atoms with Gasteiger partial charge >= 0.3 is 0 Å². The Labute approximate surface area is 122 Å². The van der Waals surface area contributed by atoms with Gasteiger partial charge in [0.1, 0.15) is 5.75 Å². The van der Waals surface area contributed by atoms with E-state index in [-0.39, 0.29) is 0 Å². The van der Waals surface area contributed by atoms with Gasteiger partial charge in [0.25, 0.3) is 0 Å². The summed E-state index contributed by atoms with van der Waals surface area (Å²) in [7, 11) is 1.67. The van der Waals surface area contributed by atoms with Crippen LogP contribution in [0, 0.1) is 0 Å². The van der Waals surface area contributed by atoms with Crippen molar-refractivity contribution in [3.8, 4) is 5.75 Å². The minimum atomic E-state index is 0.681. The smallest absolute Gasteiger partial charge is 0.119 e. The number of methoxy groups -OCH3 is 1. The highest BCUT2D eigenvalue weighted by Crippen LogP contribution is 2.25. The highest BCUT2D eigenvalue weighted by Gasteiger charge is 2.06. The van der Waals surface area contributed by atoms with Crippen molar-refractivity contribution in [3.05, 3.63) is 59.2 Å².